The Kier molecular flexibility index (Phi) is 3.76. The lowest BCUT2D eigenvalue weighted by atomic mass is 10.1. The largest absolute Gasteiger partial charge is 0.393 e. The van der Waals surface area contributed by atoms with E-state index in [-0.39, 0.29) is 12.5 Å². The summed E-state index contributed by atoms with van der Waals surface area (Å²) in [5.41, 5.74) is -0.818. The second-order valence-corrected chi connectivity index (χ2v) is 3.57. The van der Waals surface area contributed by atoms with Crippen molar-refractivity contribution in [2.24, 2.45) is 0 Å². The van der Waals surface area contributed by atoms with Gasteiger partial charge in [-0.1, -0.05) is 0 Å². The highest BCUT2D eigenvalue weighted by molar-refractivity contribution is 5.93. The van der Waals surface area contributed by atoms with Gasteiger partial charge in [-0.2, -0.15) is 0 Å². The fraction of sp³-hybridized carbons (Fsp3) is 0.400. The van der Waals surface area contributed by atoms with Crippen molar-refractivity contribution < 1.29 is 15.0 Å². The van der Waals surface area contributed by atoms with Crippen LogP contribution >= 0.6 is 0 Å². The molecule has 1 amide bonds. The summed E-state index contributed by atoms with van der Waals surface area (Å²) in [7, 11) is 0. The Morgan fingerprint density at radius 2 is 2.13 bits per heavy atom. The molecule has 15 heavy (non-hydrogen) atoms. The summed E-state index contributed by atoms with van der Waals surface area (Å²) in [5.74, 6) is -0.300. The fourth-order valence-corrected chi connectivity index (χ4v) is 0.932. The van der Waals surface area contributed by atoms with E-state index in [1.807, 2.05) is 0 Å². The van der Waals surface area contributed by atoms with E-state index in [2.05, 4.69) is 10.3 Å². The number of aliphatic hydroxyl groups excluding tert-OH is 1. The van der Waals surface area contributed by atoms with Crippen molar-refractivity contribution in [2.45, 2.75) is 12.5 Å². The van der Waals surface area contributed by atoms with Gasteiger partial charge in [0.1, 0.15) is 5.60 Å². The van der Waals surface area contributed by atoms with E-state index >= 15 is 0 Å². The van der Waals surface area contributed by atoms with Crippen LogP contribution in [0.15, 0.2) is 24.5 Å². The lowest BCUT2D eigenvalue weighted by Gasteiger charge is -2.20. The third-order valence-corrected chi connectivity index (χ3v) is 1.91. The van der Waals surface area contributed by atoms with Crippen molar-refractivity contribution >= 4 is 5.91 Å². The van der Waals surface area contributed by atoms with Crippen molar-refractivity contribution in [2.75, 3.05) is 13.2 Å². The Hall–Kier alpha value is -1.46. The van der Waals surface area contributed by atoms with Gasteiger partial charge in [0.2, 0.25) is 0 Å². The van der Waals surface area contributed by atoms with Gasteiger partial charge in [-0.15, -0.1) is 0 Å². The fourth-order valence-electron chi connectivity index (χ4n) is 0.932. The minimum absolute atomic E-state index is 0.00462. The number of nitrogens with one attached hydrogen (secondary N) is 1. The maximum atomic E-state index is 11.5. The Morgan fingerprint density at radius 1 is 1.53 bits per heavy atom. The number of aromatic nitrogens is 1. The van der Waals surface area contributed by atoms with Gasteiger partial charge in [-0.3, -0.25) is 9.78 Å². The molecule has 0 aromatic carbocycles. The average molecular weight is 210 g/mol. The summed E-state index contributed by atoms with van der Waals surface area (Å²) < 4.78 is 0. The first-order chi connectivity index (χ1) is 7.05. The number of rotatable bonds is 4. The highest BCUT2D eigenvalue weighted by Gasteiger charge is 2.19. The van der Waals surface area contributed by atoms with Gasteiger partial charge in [0, 0.05) is 24.5 Å². The Balaban J connectivity index is 2.51. The van der Waals surface area contributed by atoms with Gasteiger partial charge < -0.3 is 15.5 Å². The SMILES string of the molecule is CC(O)(CO)CNC(=O)c1ccncc1. The number of carbonyl (C=O) groups excluding carboxylic acids is 1. The Labute approximate surface area is 87.8 Å². The van der Waals surface area contributed by atoms with Gasteiger partial charge in [0.05, 0.1) is 6.61 Å². The molecule has 0 aliphatic rings. The van der Waals surface area contributed by atoms with Crippen molar-refractivity contribution in [3.05, 3.63) is 30.1 Å². The topological polar surface area (TPSA) is 82.5 Å². The van der Waals surface area contributed by atoms with Crippen LogP contribution in [-0.2, 0) is 0 Å². The standard InChI is InChI=1S/C10H14N2O3/c1-10(15,7-13)6-12-9(14)8-2-4-11-5-3-8/h2-5,13,15H,6-7H2,1H3,(H,12,14). The molecule has 1 heterocycles. The van der Waals surface area contributed by atoms with Gasteiger partial charge >= 0.3 is 0 Å². The second kappa shape index (κ2) is 4.86. The highest BCUT2D eigenvalue weighted by atomic mass is 16.3. The number of pyridine rings is 1. The van der Waals surface area contributed by atoms with Gasteiger partial charge in [0.25, 0.3) is 5.91 Å². The van der Waals surface area contributed by atoms with Crippen molar-refractivity contribution in [1.82, 2.24) is 10.3 Å². The average Bonchev–Trinajstić information content (AvgIpc) is 2.27. The van der Waals surface area contributed by atoms with E-state index in [0.29, 0.717) is 5.56 Å². The zero-order chi connectivity index (χ0) is 11.3. The minimum atomic E-state index is -1.29. The molecule has 1 aromatic rings. The molecule has 1 aromatic heterocycles. The van der Waals surface area contributed by atoms with Crippen LogP contribution in [0.25, 0.3) is 0 Å². The van der Waals surface area contributed by atoms with E-state index in [9.17, 15) is 9.90 Å². The minimum Gasteiger partial charge on any atom is -0.393 e. The van der Waals surface area contributed by atoms with Crippen molar-refractivity contribution in [1.29, 1.82) is 0 Å². The van der Waals surface area contributed by atoms with E-state index in [0.717, 1.165) is 0 Å². The van der Waals surface area contributed by atoms with Gasteiger partial charge in [-0.25, -0.2) is 0 Å². The summed E-state index contributed by atoms with van der Waals surface area (Å²) in [6.07, 6.45) is 3.03. The molecule has 5 heteroatoms. The summed E-state index contributed by atoms with van der Waals surface area (Å²) in [6, 6.07) is 3.14. The van der Waals surface area contributed by atoms with Gasteiger partial charge in [0.15, 0.2) is 0 Å². The molecule has 0 fully saturated rings. The first kappa shape index (κ1) is 11.6. The number of nitrogens with zero attached hydrogens (tertiary/aromatic N) is 1. The van der Waals surface area contributed by atoms with E-state index in [1.165, 1.54) is 19.3 Å². The molecule has 0 aliphatic heterocycles. The first-order valence-corrected chi connectivity index (χ1v) is 4.57. The molecule has 0 spiro atoms. The predicted molar refractivity (Wildman–Crippen MR) is 54.3 cm³/mol. The van der Waals surface area contributed by atoms with Crippen LogP contribution in [0.3, 0.4) is 0 Å². The zero-order valence-corrected chi connectivity index (χ0v) is 8.47. The van der Waals surface area contributed by atoms with Gasteiger partial charge in [-0.05, 0) is 19.1 Å². The van der Waals surface area contributed by atoms with E-state index in [4.69, 9.17) is 5.11 Å². The zero-order valence-electron chi connectivity index (χ0n) is 8.47. The maximum absolute atomic E-state index is 11.5. The Bertz CT molecular complexity index is 325. The third-order valence-electron chi connectivity index (χ3n) is 1.91. The molecule has 0 aliphatic carbocycles. The maximum Gasteiger partial charge on any atom is 0.251 e. The molecule has 3 N–H and O–H groups in total. The lowest BCUT2D eigenvalue weighted by molar-refractivity contribution is 0.00320. The Morgan fingerprint density at radius 3 is 2.67 bits per heavy atom. The monoisotopic (exact) mass is 210 g/mol. The molecule has 1 rings (SSSR count). The molecule has 5 nitrogen and oxygen atoms in total. The number of hydrogen-bond donors (Lipinski definition) is 3. The molecular formula is C10H14N2O3. The third kappa shape index (κ3) is 3.65. The predicted octanol–water partition coefficient (Wildman–Crippen LogP) is -0.445. The molecule has 0 radical (unpaired) electrons. The van der Waals surface area contributed by atoms with E-state index in [1.54, 1.807) is 12.1 Å². The first-order valence-electron chi connectivity index (χ1n) is 4.57. The number of hydrogen-bond acceptors (Lipinski definition) is 4. The smallest absolute Gasteiger partial charge is 0.251 e. The normalized spacial score (nSPS) is 14.3. The van der Waals surface area contributed by atoms with Crippen LogP contribution in [0, 0.1) is 0 Å². The number of carbonyl (C=O) groups is 1. The van der Waals surface area contributed by atoms with Crippen LogP contribution in [0.4, 0.5) is 0 Å². The summed E-state index contributed by atoms with van der Waals surface area (Å²) in [4.78, 5) is 15.3. The van der Waals surface area contributed by atoms with Crippen LogP contribution < -0.4 is 5.32 Å². The van der Waals surface area contributed by atoms with Crippen LogP contribution in [-0.4, -0.2) is 39.9 Å². The van der Waals surface area contributed by atoms with Crippen molar-refractivity contribution in [3.8, 4) is 0 Å². The van der Waals surface area contributed by atoms with E-state index < -0.39 is 12.2 Å². The summed E-state index contributed by atoms with van der Waals surface area (Å²) >= 11 is 0. The summed E-state index contributed by atoms with van der Waals surface area (Å²) in [6.45, 7) is 1.05. The molecular weight excluding hydrogens is 196 g/mol. The quantitative estimate of drug-likeness (QED) is 0.629. The van der Waals surface area contributed by atoms with Crippen LogP contribution in [0.1, 0.15) is 17.3 Å². The van der Waals surface area contributed by atoms with Crippen LogP contribution in [0.2, 0.25) is 0 Å². The number of aliphatic hydroxyl groups is 2. The second-order valence-electron chi connectivity index (χ2n) is 3.57. The van der Waals surface area contributed by atoms with Crippen molar-refractivity contribution in [3.63, 3.8) is 0 Å². The molecule has 0 bridgehead atoms. The lowest BCUT2D eigenvalue weighted by Crippen LogP contribution is -2.43. The molecule has 1 atom stereocenters. The number of amides is 1. The summed E-state index contributed by atoms with van der Waals surface area (Å²) in [5, 5.41) is 20.7. The molecule has 0 saturated carbocycles. The molecule has 1 unspecified atom stereocenters. The molecule has 82 valence electrons. The van der Waals surface area contributed by atoms with Crippen LogP contribution in [0.5, 0.6) is 0 Å². The highest BCUT2D eigenvalue weighted by Crippen LogP contribution is 2.00. The molecule has 0 saturated heterocycles.